The summed E-state index contributed by atoms with van der Waals surface area (Å²) in [6.45, 7) is 0. The van der Waals surface area contributed by atoms with Crippen molar-refractivity contribution in [1.29, 1.82) is 0 Å². The second kappa shape index (κ2) is 4.81. The van der Waals surface area contributed by atoms with Crippen molar-refractivity contribution in [1.82, 2.24) is 9.97 Å². The summed E-state index contributed by atoms with van der Waals surface area (Å²) in [6, 6.07) is 5.09. The number of anilines is 2. The van der Waals surface area contributed by atoms with E-state index >= 15 is 0 Å². The van der Waals surface area contributed by atoms with Gasteiger partial charge in [0.05, 0.1) is 18.1 Å². The highest BCUT2D eigenvalue weighted by Gasteiger charge is 2.22. The molecule has 0 atom stereocenters. The molecule has 2 aromatic rings. The summed E-state index contributed by atoms with van der Waals surface area (Å²) >= 11 is 0. The van der Waals surface area contributed by atoms with Gasteiger partial charge in [-0.1, -0.05) is 0 Å². The lowest BCUT2D eigenvalue weighted by Gasteiger charge is -2.18. The Kier molecular flexibility index (Phi) is 3.34. The first-order valence-electron chi connectivity index (χ1n) is 5.23. The van der Waals surface area contributed by atoms with E-state index in [1.807, 2.05) is 0 Å². The predicted octanol–water partition coefficient (Wildman–Crippen LogP) is 1.02. The first kappa shape index (κ1) is 13.2. The average molecular weight is 282 g/mol. The number of hydrogen-bond acceptors (Lipinski definition) is 5. The van der Waals surface area contributed by atoms with Gasteiger partial charge in [0.25, 0.3) is 10.0 Å². The molecule has 0 aliphatic carbocycles. The highest BCUT2D eigenvalue weighted by molar-refractivity contribution is 7.92. The number of nitrogens with two attached hydrogens (primary N) is 1. The van der Waals surface area contributed by atoms with Crippen molar-refractivity contribution in [2.75, 3.05) is 17.1 Å². The van der Waals surface area contributed by atoms with E-state index in [9.17, 15) is 12.8 Å². The summed E-state index contributed by atoms with van der Waals surface area (Å²) in [5.74, 6) is -0.450. The van der Waals surface area contributed by atoms with Crippen LogP contribution in [0.4, 0.5) is 16.0 Å². The largest absolute Gasteiger partial charge is 0.368 e. The van der Waals surface area contributed by atoms with Crippen molar-refractivity contribution < 1.29 is 12.8 Å². The van der Waals surface area contributed by atoms with E-state index in [1.54, 1.807) is 0 Å². The summed E-state index contributed by atoms with van der Waals surface area (Å²) < 4.78 is 38.3. The Morgan fingerprint density at radius 3 is 2.21 bits per heavy atom. The van der Waals surface area contributed by atoms with Gasteiger partial charge in [0.1, 0.15) is 10.7 Å². The summed E-state index contributed by atoms with van der Waals surface area (Å²) in [7, 11) is -2.43. The zero-order valence-corrected chi connectivity index (χ0v) is 10.8. The van der Waals surface area contributed by atoms with E-state index in [4.69, 9.17) is 5.73 Å². The molecule has 6 nitrogen and oxygen atoms in total. The van der Waals surface area contributed by atoms with Gasteiger partial charge in [-0.15, -0.1) is 0 Å². The van der Waals surface area contributed by atoms with Gasteiger partial charge < -0.3 is 5.73 Å². The minimum atomic E-state index is -3.79. The summed E-state index contributed by atoms with van der Waals surface area (Å²) in [6.07, 6.45) is 2.25. The first-order valence-corrected chi connectivity index (χ1v) is 6.67. The molecule has 0 fully saturated rings. The third kappa shape index (κ3) is 2.63. The maximum atomic E-state index is 12.8. The van der Waals surface area contributed by atoms with Crippen molar-refractivity contribution >= 4 is 21.7 Å². The van der Waals surface area contributed by atoms with Crippen LogP contribution < -0.4 is 10.0 Å². The number of rotatable bonds is 3. The third-order valence-electron chi connectivity index (χ3n) is 2.50. The van der Waals surface area contributed by atoms with Gasteiger partial charge in [-0.2, -0.15) is 0 Å². The molecule has 19 heavy (non-hydrogen) atoms. The quantitative estimate of drug-likeness (QED) is 0.908. The van der Waals surface area contributed by atoms with Gasteiger partial charge in [-0.3, -0.25) is 4.31 Å². The number of benzene rings is 1. The zero-order valence-electron chi connectivity index (χ0n) is 9.99. The second-order valence-electron chi connectivity index (χ2n) is 3.73. The van der Waals surface area contributed by atoms with Gasteiger partial charge in [-0.05, 0) is 24.3 Å². The number of nitrogen functional groups attached to an aromatic ring is 1. The van der Waals surface area contributed by atoms with Gasteiger partial charge in [0.2, 0.25) is 5.95 Å². The lowest BCUT2D eigenvalue weighted by Crippen LogP contribution is -2.26. The van der Waals surface area contributed by atoms with E-state index in [2.05, 4.69) is 9.97 Å². The molecule has 1 aromatic heterocycles. The Balaban J connectivity index is 2.39. The van der Waals surface area contributed by atoms with Crippen LogP contribution >= 0.6 is 0 Å². The predicted molar refractivity (Wildman–Crippen MR) is 68.4 cm³/mol. The first-order chi connectivity index (χ1) is 8.91. The third-order valence-corrected chi connectivity index (χ3v) is 4.24. The normalized spacial score (nSPS) is 11.3. The van der Waals surface area contributed by atoms with Crippen LogP contribution in [0.5, 0.6) is 0 Å². The van der Waals surface area contributed by atoms with Crippen LogP contribution in [-0.4, -0.2) is 25.4 Å². The number of nitrogens with zero attached hydrogens (tertiary/aromatic N) is 3. The molecule has 2 N–H and O–H groups in total. The Morgan fingerprint density at radius 2 is 1.68 bits per heavy atom. The molecule has 8 heteroatoms. The van der Waals surface area contributed by atoms with Gasteiger partial charge in [-0.25, -0.2) is 22.8 Å². The van der Waals surface area contributed by atoms with Crippen LogP contribution in [0.1, 0.15) is 0 Å². The van der Waals surface area contributed by atoms with E-state index in [0.29, 0.717) is 5.69 Å². The molecule has 0 spiro atoms. The number of aromatic nitrogens is 2. The van der Waals surface area contributed by atoms with Crippen LogP contribution in [0.15, 0.2) is 41.6 Å². The Morgan fingerprint density at radius 1 is 1.16 bits per heavy atom. The van der Waals surface area contributed by atoms with Gasteiger partial charge >= 0.3 is 0 Å². The molecule has 0 saturated carbocycles. The van der Waals surface area contributed by atoms with E-state index in [0.717, 1.165) is 16.7 Å². The standard InChI is InChI=1S/C11H11FN4O2S/c1-16(9-4-2-8(12)3-5-9)19(17,18)10-6-14-11(13)15-7-10/h2-7H,1H3,(H2,13,14,15). The van der Waals surface area contributed by atoms with Crippen molar-refractivity contribution in [3.8, 4) is 0 Å². The van der Waals surface area contributed by atoms with Crippen molar-refractivity contribution in [3.05, 3.63) is 42.5 Å². The molecule has 1 heterocycles. The van der Waals surface area contributed by atoms with Gasteiger partial charge in [0, 0.05) is 7.05 Å². The lowest BCUT2D eigenvalue weighted by molar-refractivity contribution is 0.593. The molecule has 0 amide bonds. The van der Waals surface area contributed by atoms with Crippen molar-refractivity contribution in [2.45, 2.75) is 4.90 Å². The molecule has 0 bridgehead atoms. The molecule has 0 saturated heterocycles. The fourth-order valence-corrected chi connectivity index (χ4v) is 2.49. The SMILES string of the molecule is CN(c1ccc(F)cc1)S(=O)(=O)c1cnc(N)nc1. The van der Waals surface area contributed by atoms with Crippen molar-refractivity contribution in [3.63, 3.8) is 0 Å². The van der Waals surface area contributed by atoms with E-state index < -0.39 is 15.8 Å². The fraction of sp³-hybridized carbons (Fsp3) is 0.0909. The minimum Gasteiger partial charge on any atom is -0.368 e. The lowest BCUT2D eigenvalue weighted by atomic mass is 10.3. The Labute approximate surface area is 109 Å². The Hall–Kier alpha value is -2.22. The van der Waals surface area contributed by atoms with Gasteiger partial charge in [0.15, 0.2) is 0 Å². The van der Waals surface area contributed by atoms with Crippen LogP contribution in [-0.2, 0) is 10.0 Å². The average Bonchev–Trinajstić information content (AvgIpc) is 2.39. The highest BCUT2D eigenvalue weighted by Crippen LogP contribution is 2.21. The topological polar surface area (TPSA) is 89.2 Å². The molecular weight excluding hydrogens is 271 g/mol. The highest BCUT2D eigenvalue weighted by atomic mass is 32.2. The summed E-state index contributed by atoms with van der Waals surface area (Å²) in [5.41, 5.74) is 5.63. The van der Waals surface area contributed by atoms with Crippen LogP contribution in [0.3, 0.4) is 0 Å². The fourth-order valence-electron chi connectivity index (χ4n) is 1.41. The van der Waals surface area contributed by atoms with E-state index in [1.165, 1.54) is 31.3 Å². The molecule has 1 aromatic carbocycles. The number of hydrogen-bond donors (Lipinski definition) is 1. The van der Waals surface area contributed by atoms with Crippen LogP contribution in [0.2, 0.25) is 0 Å². The molecule has 0 aliphatic heterocycles. The molecule has 0 unspecified atom stereocenters. The molecule has 2 rings (SSSR count). The maximum Gasteiger partial charge on any atom is 0.267 e. The maximum absolute atomic E-state index is 12.8. The van der Waals surface area contributed by atoms with Crippen molar-refractivity contribution in [2.24, 2.45) is 0 Å². The molecule has 100 valence electrons. The minimum absolute atomic E-state index is 0.0108. The summed E-state index contributed by atoms with van der Waals surface area (Å²) in [5, 5.41) is 0. The second-order valence-corrected chi connectivity index (χ2v) is 5.70. The number of halogens is 1. The Bertz CT molecular complexity index is 671. The molecule has 0 radical (unpaired) electrons. The van der Waals surface area contributed by atoms with Crippen LogP contribution in [0.25, 0.3) is 0 Å². The smallest absolute Gasteiger partial charge is 0.267 e. The monoisotopic (exact) mass is 282 g/mol. The summed E-state index contributed by atoms with van der Waals surface area (Å²) in [4.78, 5) is 7.18. The van der Waals surface area contributed by atoms with E-state index in [-0.39, 0.29) is 10.8 Å². The zero-order chi connectivity index (χ0) is 14.0. The molecule has 0 aliphatic rings. The van der Waals surface area contributed by atoms with Crippen LogP contribution in [0, 0.1) is 5.82 Å². The number of sulfonamides is 1. The molecular formula is C11H11FN4O2S.